The van der Waals surface area contributed by atoms with E-state index in [0.717, 1.165) is 61.5 Å². The molecule has 2 amide bonds. The quantitative estimate of drug-likeness (QED) is 0.257. The molecule has 10 nitrogen and oxygen atoms in total. The summed E-state index contributed by atoms with van der Waals surface area (Å²) in [6.45, 7) is 1.20. The Bertz CT molecular complexity index is 1790. The summed E-state index contributed by atoms with van der Waals surface area (Å²) in [7, 11) is 0. The minimum absolute atomic E-state index is 0.116. The molecule has 1 unspecified atom stereocenters. The molecule has 1 aromatic carbocycles. The summed E-state index contributed by atoms with van der Waals surface area (Å²) >= 11 is 0. The van der Waals surface area contributed by atoms with Crippen LogP contribution in [0, 0.1) is 0 Å². The Balaban J connectivity index is 1.37. The second-order valence-corrected chi connectivity index (χ2v) is 11.7. The number of pyridine rings is 2. The Morgan fingerprint density at radius 1 is 1.04 bits per heavy atom. The Hall–Kier alpha value is -4.78. The van der Waals surface area contributed by atoms with Gasteiger partial charge in [-0.3, -0.25) is 14.3 Å². The van der Waals surface area contributed by atoms with E-state index < -0.39 is 23.8 Å². The van der Waals surface area contributed by atoms with Crippen molar-refractivity contribution in [1.82, 2.24) is 24.6 Å². The van der Waals surface area contributed by atoms with E-state index in [-0.39, 0.29) is 29.1 Å². The van der Waals surface area contributed by atoms with Crippen molar-refractivity contribution in [1.29, 1.82) is 0 Å². The number of alkyl halides is 3. The molecule has 0 radical (unpaired) electrons. The molecule has 0 spiro atoms. The molecular weight excluding hydrogens is 599 g/mol. The van der Waals surface area contributed by atoms with E-state index in [4.69, 9.17) is 10.8 Å². The van der Waals surface area contributed by atoms with Gasteiger partial charge in [0, 0.05) is 48.6 Å². The van der Waals surface area contributed by atoms with Crippen molar-refractivity contribution < 1.29 is 27.9 Å². The summed E-state index contributed by atoms with van der Waals surface area (Å²) in [6, 6.07) is 7.96. The summed E-state index contributed by atoms with van der Waals surface area (Å²) < 4.78 is 41.2. The Morgan fingerprint density at radius 2 is 1.85 bits per heavy atom. The average molecular weight is 634 g/mol. The largest absolute Gasteiger partial charge is 0.416 e. The number of rotatable bonds is 3. The number of aliphatic hydroxyl groups excluding tert-OH is 1. The van der Waals surface area contributed by atoms with Crippen LogP contribution in [0.25, 0.3) is 28.2 Å². The van der Waals surface area contributed by atoms with Crippen molar-refractivity contribution in [3.05, 3.63) is 71.6 Å². The molecule has 2 atom stereocenters. The van der Waals surface area contributed by atoms with Crippen LogP contribution in [0.1, 0.15) is 72.5 Å². The molecule has 1 fully saturated rings. The fourth-order valence-corrected chi connectivity index (χ4v) is 6.11. The van der Waals surface area contributed by atoms with Crippen LogP contribution in [0.4, 0.5) is 24.8 Å². The lowest BCUT2D eigenvalue weighted by atomic mass is 10.0. The summed E-state index contributed by atoms with van der Waals surface area (Å²) in [5.74, 6) is -0.469. The van der Waals surface area contributed by atoms with E-state index in [1.807, 2.05) is 15.7 Å². The summed E-state index contributed by atoms with van der Waals surface area (Å²) in [4.78, 5) is 36.1. The van der Waals surface area contributed by atoms with Gasteiger partial charge in [-0.25, -0.2) is 9.97 Å². The summed E-state index contributed by atoms with van der Waals surface area (Å²) in [5, 5.41) is 18.7. The molecule has 1 saturated heterocycles. The minimum Gasteiger partial charge on any atom is -0.389 e. The molecule has 6 rings (SSSR count). The van der Waals surface area contributed by atoms with E-state index in [1.54, 1.807) is 36.5 Å². The predicted molar refractivity (Wildman–Crippen MR) is 168 cm³/mol. The smallest absolute Gasteiger partial charge is 0.389 e. The number of aliphatic hydroxyl groups is 1. The van der Waals surface area contributed by atoms with Crippen molar-refractivity contribution in [3.63, 3.8) is 0 Å². The van der Waals surface area contributed by atoms with Crippen LogP contribution in [-0.4, -0.2) is 60.8 Å². The van der Waals surface area contributed by atoms with Crippen LogP contribution in [0.3, 0.4) is 0 Å². The van der Waals surface area contributed by atoms with Gasteiger partial charge in [0.2, 0.25) is 5.91 Å². The molecule has 5 heterocycles. The fourth-order valence-electron chi connectivity index (χ4n) is 6.11. The number of halogens is 3. The molecule has 0 saturated carbocycles. The lowest BCUT2D eigenvalue weighted by molar-refractivity contribution is -0.137. The van der Waals surface area contributed by atoms with Crippen molar-refractivity contribution in [2.24, 2.45) is 0 Å². The third-order valence-corrected chi connectivity index (χ3v) is 8.52. The molecule has 4 aromatic rings. The number of hydrogen-bond donors (Lipinski definition) is 3. The number of nitrogens with zero attached hydrogens (tertiary/aromatic N) is 5. The van der Waals surface area contributed by atoms with Crippen LogP contribution in [0.5, 0.6) is 0 Å². The lowest BCUT2D eigenvalue weighted by Crippen LogP contribution is -2.40. The normalized spacial score (nSPS) is 20.2. The topological polar surface area (TPSA) is 139 Å². The second kappa shape index (κ2) is 12.9. The van der Waals surface area contributed by atoms with E-state index in [9.17, 15) is 27.9 Å². The number of benzene rings is 1. The zero-order chi connectivity index (χ0) is 32.4. The van der Waals surface area contributed by atoms with E-state index in [2.05, 4.69) is 15.3 Å². The van der Waals surface area contributed by atoms with Gasteiger partial charge in [-0.15, -0.1) is 0 Å². The number of fused-ring (bicyclic) bond motifs is 3. The highest BCUT2D eigenvalue weighted by Crippen LogP contribution is 2.37. The first-order valence-electron chi connectivity index (χ1n) is 15.3. The van der Waals surface area contributed by atoms with E-state index >= 15 is 0 Å². The zero-order valence-electron chi connectivity index (χ0n) is 25.0. The number of carbonyl (C=O) groups excluding carboxylic acids is 2. The molecule has 2 aliphatic heterocycles. The van der Waals surface area contributed by atoms with Crippen molar-refractivity contribution in [2.75, 3.05) is 24.1 Å². The molecule has 3 aromatic heterocycles. The Kier molecular flexibility index (Phi) is 8.76. The number of hydrogen-bond acceptors (Lipinski definition) is 7. The molecule has 4 N–H and O–H groups in total. The number of piperidine rings is 1. The molecule has 2 bridgehead atoms. The highest BCUT2D eigenvalue weighted by atomic mass is 19.4. The van der Waals surface area contributed by atoms with Crippen LogP contribution >= 0.6 is 0 Å². The van der Waals surface area contributed by atoms with Gasteiger partial charge in [0.15, 0.2) is 0 Å². The maximum absolute atomic E-state index is 13.1. The van der Waals surface area contributed by atoms with Gasteiger partial charge in [-0.1, -0.05) is 37.1 Å². The number of nitrogens with two attached hydrogens (primary N) is 1. The summed E-state index contributed by atoms with van der Waals surface area (Å²) in [5.41, 5.74) is 8.40. The highest BCUT2D eigenvalue weighted by Gasteiger charge is 2.31. The third kappa shape index (κ3) is 6.59. The van der Waals surface area contributed by atoms with Gasteiger partial charge in [0.25, 0.3) is 5.91 Å². The number of aromatic nitrogens is 4. The van der Waals surface area contributed by atoms with Crippen LogP contribution in [-0.2, 0) is 11.0 Å². The Morgan fingerprint density at radius 3 is 2.63 bits per heavy atom. The van der Waals surface area contributed by atoms with Crippen molar-refractivity contribution >= 4 is 40.4 Å². The SMILES string of the molecule is Nc1ncc2c3c1c(-c1ccc(C(=O)Nc4cc(C(F)(F)F)ccn4)cc1)nn3[C@@H]1CCCN(C1)C(=O)CCCCCC(O)/C=C/2. The highest BCUT2D eigenvalue weighted by molar-refractivity contribution is 6.06. The van der Waals surface area contributed by atoms with Crippen molar-refractivity contribution in [2.45, 2.75) is 63.3 Å². The molecule has 240 valence electrons. The first-order chi connectivity index (χ1) is 22.1. The first kappa shape index (κ1) is 31.2. The maximum Gasteiger partial charge on any atom is 0.416 e. The van der Waals surface area contributed by atoms with E-state index in [0.29, 0.717) is 42.6 Å². The first-order valence-corrected chi connectivity index (χ1v) is 15.3. The van der Waals surface area contributed by atoms with Crippen molar-refractivity contribution in [3.8, 4) is 11.3 Å². The average Bonchev–Trinajstić information content (AvgIpc) is 3.45. The number of anilines is 2. The van der Waals surface area contributed by atoms with Gasteiger partial charge in [0.05, 0.1) is 28.6 Å². The molecular formula is C33H34F3N7O3. The summed E-state index contributed by atoms with van der Waals surface area (Å²) in [6.07, 6.45) is 6.13. The molecule has 2 aliphatic rings. The molecule has 46 heavy (non-hydrogen) atoms. The number of nitrogen functional groups attached to an aromatic ring is 1. The van der Waals surface area contributed by atoms with Gasteiger partial charge in [-0.2, -0.15) is 18.3 Å². The number of amides is 2. The standard InChI is InChI=1S/C33H34F3N7O3/c34-33(35,36)23-14-15-38-26(17-23)40-32(46)21-10-8-20(9-11-21)29-28-30-22(18-39-31(28)37)12-13-25(44)6-2-1-3-7-27(45)42-16-4-5-24(19-42)43(30)41-29/h8-15,17-18,24-25,44H,1-7,16,19H2,(H2,37,39)(H,38,40,46)/b13-12+/t24-,25?/m1/s1. The van der Waals surface area contributed by atoms with Crippen LogP contribution < -0.4 is 11.1 Å². The van der Waals surface area contributed by atoms with Gasteiger partial charge in [0.1, 0.15) is 17.3 Å². The van der Waals surface area contributed by atoms with Crippen LogP contribution in [0.2, 0.25) is 0 Å². The van der Waals surface area contributed by atoms with Gasteiger partial charge < -0.3 is 21.1 Å². The van der Waals surface area contributed by atoms with Gasteiger partial charge >= 0.3 is 6.18 Å². The minimum atomic E-state index is -4.57. The van der Waals surface area contributed by atoms with Crippen LogP contribution in [0.15, 0.2) is 54.9 Å². The predicted octanol–water partition coefficient (Wildman–Crippen LogP) is 5.85. The number of carbonyl (C=O) groups is 2. The zero-order valence-corrected chi connectivity index (χ0v) is 25.0. The molecule has 13 heteroatoms. The van der Waals surface area contributed by atoms with Gasteiger partial charge in [-0.05, 0) is 49.9 Å². The van der Waals surface area contributed by atoms with E-state index in [1.165, 1.54) is 0 Å². The second-order valence-electron chi connectivity index (χ2n) is 11.7. The monoisotopic (exact) mass is 633 g/mol. The Labute approximate surface area is 263 Å². The third-order valence-electron chi connectivity index (χ3n) is 8.52. The fraction of sp³-hybridized carbons (Fsp3) is 0.364. The lowest BCUT2D eigenvalue weighted by Gasteiger charge is -2.33. The maximum atomic E-state index is 13.1. The number of nitrogens with one attached hydrogen (secondary N) is 1. The molecule has 0 aliphatic carbocycles.